The summed E-state index contributed by atoms with van der Waals surface area (Å²) >= 11 is 0. The smallest absolute Gasteiger partial charge is 0.410 e. The Balaban J connectivity index is 2.04. The van der Waals surface area contributed by atoms with Crippen LogP contribution in [0.2, 0.25) is 0 Å². The van der Waals surface area contributed by atoms with E-state index in [9.17, 15) is 18.0 Å². The van der Waals surface area contributed by atoms with Gasteiger partial charge in [-0.2, -0.15) is 13.2 Å². The van der Waals surface area contributed by atoms with Crippen molar-refractivity contribution in [3.63, 3.8) is 0 Å². The number of carbonyl (C=O) groups is 1. The summed E-state index contributed by atoms with van der Waals surface area (Å²) in [6.45, 7) is 5.49. The number of halogens is 3. The van der Waals surface area contributed by atoms with Crippen molar-refractivity contribution >= 4 is 6.09 Å². The molecule has 0 aromatic rings. The second-order valence-corrected chi connectivity index (χ2v) is 6.04. The minimum Gasteiger partial charge on any atom is -0.444 e. The highest BCUT2D eigenvalue weighted by Crippen LogP contribution is 2.57. The number of ether oxygens (including phenoxy) is 1. The van der Waals surface area contributed by atoms with E-state index in [1.165, 1.54) is 4.90 Å². The fourth-order valence-electron chi connectivity index (χ4n) is 2.75. The van der Waals surface area contributed by atoms with Crippen LogP contribution in [0.1, 0.15) is 33.6 Å². The van der Waals surface area contributed by atoms with Crippen molar-refractivity contribution in [2.75, 3.05) is 6.54 Å². The first kappa shape index (κ1) is 13.5. The number of nitrogens with zero attached hydrogens (tertiary/aromatic N) is 1. The number of likely N-dealkylation sites (tertiary alicyclic amines) is 1. The molecule has 1 saturated carbocycles. The lowest BCUT2D eigenvalue weighted by atomic mass is 10.1. The number of rotatable bonds is 0. The second-order valence-electron chi connectivity index (χ2n) is 6.04. The summed E-state index contributed by atoms with van der Waals surface area (Å²) in [5.41, 5.74) is -0.674. The van der Waals surface area contributed by atoms with E-state index in [1.807, 2.05) is 0 Å². The van der Waals surface area contributed by atoms with E-state index < -0.39 is 35.7 Å². The van der Waals surface area contributed by atoms with Gasteiger partial charge in [0.1, 0.15) is 5.60 Å². The molecule has 0 radical (unpaired) electrons. The summed E-state index contributed by atoms with van der Waals surface area (Å²) in [6, 6.07) is -0.700. The van der Waals surface area contributed by atoms with Gasteiger partial charge in [-0.25, -0.2) is 4.79 Å². The van der Waals surface area contributed by atoms with Crippen LogP contribution in [0, 0.1) is 11.8 Å². The Morgan fingerprint density at radius 1 is 1.28 bits per heavy atom. The molecule has 0 N–H and O–H groups in total. The second kappa shape index (κ2) is 4.03. The molecule has 0 aromatic heterocycles. The van der Waals surface area contributed by atoms with E-state index in [4.69, 9.17) is 4.74 Å². The van der Waals surface area contributed by atoms with Crippen molar-refractivity contribution in [2.24, 2.45) is 11.8 Å². The number of amides is 1. The molecule has 3 atom stereocenters. The Hall–Kier alpha value is -0.940. The Labute approximate surface area is 104 Å². The topological polar surface area (TPSA) is 29.5 Å². The molecular formula is C12H18F3NO2. The summed E-state index contributed by atoms with van der Waals surface area (Å²) in [7, 11) is 0. The van der Waals surface area contributed by atoms with E-state index in [-0.39, 0.29) is 0 Å². The first-order chi connectivity index (χ1) is 8.11. The minimum absolute atomic E-state index is 0.364. The third-order valence-electron chi connectivity index (χ3n) is 3.43. The van der Waals surface area contributed by atoms with Gasteiger partial charge in [0.25, 0.3) is 0 Å². The van der Waals surface area contributed by atoms with E-state index in [2.05, 4.69) is 0 Å². The van der Waals surface area contributed by atoms with Crippen LogP contribution < -0.4 is 0 Å². The van der Waals surface area contributed by atoms with Crippen LogP contribution in [-0.2, 0) is 4.74 Å². The molecule has 6 heteroatoms. The lowest BCUT2D eigenvalue weighted by molar-refractivity contribution is -0.153. The third-order valence-corrected chi connectivity index (χ3v) is 3.43. The average molecular weight is 265 g/mol. The van der Waals surface area contributed by atoms with Crippen LogP contribution in [0.15, 0.2) is 0 Å². The Morgan fingerprint density at radius 3 is 2.39 bits per heavy atom. The van der Waals surface area contributed by atoms with Gasteiger partial charge < -0.3 is 9.64 Å². The molecule has 3 nitrogen and oxygen atoms in total. The summed E-state index contributed by atoms with van der Waals surface area (Å²) in [4.78, 5) is 13.1. The zero-order valence-corrected chi connectivity index (χ0v) is 10.8. The maximum atomic E-state index is 12.7. The maximum absolute atomic E-state index is 12.7. The third kappa shape index (κ3) is 2.57. The average Bonchev–Trinajstić information content (AvgIpc) is 2.86. The predicted octanol–water partition coefficient (Wildman–Crippen LogP) is 3.19. The van der Waals surface area contributed by atoms with Crippen molar-refractivity contribution in [2.45, 2.75) is 51.4 Å². The molecule has 0 spiro atoms. The van der Waals surface area contributed by atoms with Crippen molar-refractivity contribution in [1.82, 2.24) is 4.90 Å². The normalized spacial score (nSPS) is 31.9. The van der Waals surface area contributed by atoms with Gasteiger partial charge in [0, 0.05) is 6.54 Å². The largest absolute Gasteiger partial charge is 0.444 e. The Bertz CT molecular complexity index is 348. The highest BCUT2D eigenvalue weighted by Gasteiger charge is 2.68. The lowest BCUT2D eigenvalue weighted by Gasteiger charge is -2.30. The van der Waals surface area contributed by atoms with Crippen LogP contribution in [0.5, 0.6) is 0 Å². The van der Waals surface area contributed by atoms with Crippen LogP contribution in [0.3, 0.4) is 0 Å². The molecular weight excluding hydrogens is 247 g/mol. The van der Waals surface area contributed by atoms with Crippen molar-refractivity contribution in [3.05, 3.63) is 0 Å². The zero-order valence-electron chi connectivity index (χ0n) is 10.8. The van der Waals surface area contributed by atoms with Gasteiger partial charge in [0.05, 0.1) is 12.0 Å². The summed E-state index contributed by atoms with van der Waals surface area (Å²) in [5.74, 6) is -1.78. The molecule has 2 fully saturated rings. The van der Waals surface area contributed by atoms with Crippen molar-refractivity contribution in [1.29, 1.82) is 0 Å². The molecule has 1 aliphatic carbocycles. The molecule has 0 bridgehead atoms. The van der Waals surface area contributed by atoms with E-state index >= 15 is 0 Å². The van der Waals surface area contributed by atoms with Gasteiger partial charge in [-0.1, -0.05) is 0 Å². The number of hydrogen-bond donors (Lipinski definition) is 0. The number of fused-ring (bicyclic) bond motifs is 1. The van der Waals surface area contributed by atoms with Gasteiger partial charge in [-0.3, -0.25) is 0 Å². The highest BCUT2D eigenvalue weighted by atomic mass is 19.4. The number of hydrogen-bond acceptors (Lipinski definition) is 2. The standard InChI is InChI=1S/C12H18F3NO2/c1-11(2,3)18-10(17)16-6-4-5-7-8(9(7)16)12(13,14)15/h7-9H,4-6H2,1-3H3/t7-,8+,9-/m1/s1. The summed E-state index contributed by atoms with van der Waals surface area (Å²) in [6.07, 6.45) is -3.66. The summed E-state index contributed by atoms with van der Waals surface area (Å²) in [5, 5.41) is 0. The lowest BCUT2D eigenvalue weighted by Crippen LogP contribution is -2.42. The fraction of sp³-hybridized carbons (Fsp3) is 0.917. The van der Waals surface area contributed by atoms with Crippen LogP contribution in [0.25, 0.3) is 0 Å². The molecule has 1 aliphatic heterocycles. The molecule has 0 aromatic carbocycles. The van der Waals surface area contributed by atoms with E-state index in [0.29, 0.717) is 19.4 Å². The molecule has 18 heavy (non-hydrogen) atoms. The van der Waals surface area contributed by atoms with Gasteiger partial charge in [0.15, 0.2) is 0 Å². The van der Waals surface area contributed by atoms with E-state index in [1.54, 1.807) is 20.8 Å². The number of carbonyl (C=O) groups excluding carboxylic acids is 1. The zero-order chi connectivity index (χ0) is 13.7. The highest BCUT2D eigenvalue weighted by molar-refractivity contribution is 5.69. The molecule has 1 saturated heterocycles. The summed E-state index contributed by atoms with van der Waals surface area (Å²) < 4.78 is 43.4. The SMILES string of the molecule is CC(C)(C)OC(=O)N1CCC[C@H]2[C@@H]1[C@H]2C(F)(F)F. The molecule has 1 heterocycles. The fourth-order valence-corrected chi connectivity index (χ4v) is 2.75. The Morgan fingerprint density at radius 2 is 1.89 bits per heavy atom. The quantitative estimate of drug-likeness (QED) is 0.673. The Kier molecular flexibility index (Phi) is 3.02. The first-order valence-electron chi connectivity index (χ1n) is 6.17. The molecule has 0 unspecified atom stereocenters. The van der Waals surface area contributed by atoms with Crippen molar-refractivity contribution in [3.8, 4) is 0 Å². The van der Waals surface area contributed by atoms with Crippen LogP contribution in [-0.4, -0.2) is 35.4 Å². The molecule has 2 aliphatic rings. The van der Waals surface area contributed by atoms with Crippen LogP contribution in [0.4, 0.5) is 18.0 Å². The predicted molar refractivity (Wildman–Crippen MR) is 59.0 cm³/mol. The molecule has 2 rings (SSSR count). The maximum Gasteiger partial charge on any atom is 0.410 e. The monoisotopic (exact) mass is 265 g/mol. The van der Waals surface area contributed by atoms with Gasteiger partial charge in [0.2, 0.25) is 0 Å². The van der Waals surface area contributed by atoms with E-state index in [0.717, 1.165) is 0 Å². The minimum atomic E-state index is -4.21. The number of alkyl halides is 3. The van der Waals surface area contributed by atoms with Crippen molar-refractivity contribution < 1.29 is 22.7 Å². The van der Waals surface area contributed by atoms with Gasteiger partial charge >= 0.3 is 12.3 Å². The first-order valence-corrected chi connectivity index (χ1v) is 6.17. The van der Waals surface area contributed by atoms with Gasteiger partial charge in [-0.15, -0.1) is 0 Å². The molecule has 104 valence electrons. The molecule has 1 amide bonds. The van der Waals surface area contributed by atoms with Crippen LogP contribution >= 0.6 is 0 Å². The van der Waals surface area contributed by atoms with Gasteiger partial charge in [-0.05, 0) is 39.5 Å². The number of piperidine rings is 1.